The smallest absolute Gasteiger partial charge is 0.256 e. The number of fused-ring (bicyclic) bond motifs is 1. The van der Waals surface area contributed by atoms with Gasteiger partial charge in [0.05, 0.1) is 11.3 Å². The zero-order valence-electron chi connectivity index (χ0n) is 9.43. The van der Waals surface area contributed by atoms with Gasteiger partial charge in [-0.25, -0.2) is 0 Å². The second-order valence-electron chi connectivity index (χ2n) is 3.82. The van der Waals surface area contributed by atoms with E-state index in [0.29, 0.717) is 17.8 Å². The van der Waals surface area contributed by atoms with E-state index in [0.717, 1.165) is 0 Å². The highest BCUT2D eigenvalue weighted by Gasteiger charge is 2.28. The van der Waals surface area contributed by atoms with Gasteiger partial charge in [-0.1, -0.05) is 12.1 Å². The van der Waals surface area contributed by atoms with E-state index >= 15 is 0 Å². The predicted molar refractivity (Wildman–Crippen MR) is 61.4 cm³/mol. The number of carbonyl (C=O) groups excluding carboxylic acids is 2. The van der Waals surface area contributed by atoms with Gasteiger partial charge >= 0.3 is 0 Å². The third kappa shape index (κ3) is 1.56. The topological polar surface area (TPSA) is 40.6 Å². The first-order chi connectivity index (χ1) is 7.65. The lowest BCUT2D eigenvalue weighted by Gasteiger charge is -2.19. The highest BCUT2D eigenvalue weighted by atomic mass is 16.2. The average Bonchev–Trinajstić information content (AvgIpc) is 2.37. The Morgan fingerprint density at radius 2 is 1.94 bits per heavy atom. The van der Waals surface area contributed by atoms with Crippen molar-refractivity contribution in [2.45, 2.75) is 6.92 Å². The molecule has 4 nitrogen and oxygen atoms in total. The number of anilines is 1. The number of nitrogens with zero attached hydrogens (tertiary/aromatic N) is 2. The molecule has 4 heteroatoms. The van der Waals surface area contributed by atoms with Crippen LogP contribution in [0.15, 0.2) is 24.3 Å². The van der Waals surface area contributed by atoms with Gasteiger partial charge in [0.15, 0.2) is 0 Å². The Morgan fingerprint density at radius 3 is 2.62 bits per heavy atom. The first-order valence-corrected chi connectivity index (χ1v) is 5.30. The highest BCUT2D eigenvalue weighted by Crippen LogP contribution is 2.24. The average molecular weight is 218 g/mol. The van der Waals surface area contributed by atoms with Gasteiger partial charge in [-0.05, 0) is 19.1 Å². The van der Waals surface area contributed by atoms with Crippen molar-refractivity contribution in [1.82, 2.24) is 4.90 Å². The van der Waals surface area contributed by atoms with Crippen molar-refractivity contribution in [2.75, 3.05) is 25.0 Å². The van der Waals surface area contributed by atoms with Gasteiger partial charge in [-0.2, -0.15) is 0 Å². The molecule has 0 aliphatic carbocycles. The molecule has 16 heavy (non-hydrogen) atoms. The van der Waals surface area contributed by atoms with Crippen LogP contribution in [0.4, 0.5) is 5.69 Å². The number of hydrogen-bond acceptors (Lipinski definition) is 2. The van der Waals surface area contributed by atoms with Crippen LogP contribution in [0.3, 0.4) is 0 Å². The summed E-state index contributed by atoms with van der Waals surface area (Å²) in [5.41, 5.74) is 1.31. The fraction of sp³-hybridized carbons (Fsp3) is 0.333. The van der Waals surface area contributed by atoms with Gasteiger partial charge < -0.3 is 9.80 Å². The summed E-state index contributed by atoms with van der Waals surface area (Å²) in [6.45, 7) is 2.63. The Balaban J connectivity index is 2.58. The lowest BCUT2D eigenvalue weighted by molar-refractivity contribution is -0.118. The molecule has 1 aliphatic rings. The van der Waals surface area contributed by atoms with Gasteiger partial charge in [-0.15, -0.1) is 0 Å². The third-order valence-corrected chi connectivity index (χ3v) is 2.76. The maximum atomic E-state index is 12.0. The molecule has 1 heterocycles. The molecule has 0 fully saturated rings. The number of para-hydroxylation sites is 1. The van der Waals surface area contributed by atoms with Crippen LogP contribution in [-0.4, -0.2) is 36.9 Å². The SMILES string of the molecule is CCN1C(=O)CN(C)C(=O)c2ccccc21. The minimum atomic E-state index is -0.0973. The summed E-state index contributed by atoms with van der Waals surface area (Å²) in [6.07, 6.45) is 0. The number of amides is 2. The van der Waals surface area contributed by atoms with Gasteiger partial charge in [0.1, 0.15) is 6.54 Å². The van der Waals surface area contributed by atoms with Gasteiger partial charge in [0.2, 0.25) is 5.91 Å². The van der Waals surface area contributed by atoms with E-state index in [4.69, 9.17) is 0 Å². The van der Waals surface area contributed by atoms with Crippen LogP contribution in [0.2, 0.25) is 0 Å². The molecule has 0 radical (unpaired) electrons. The lowest BCUT2D eigenvalue weighted by Crippen LogP contribution is -2.37. The molecule has 2 amide bonds. The molecule has 0 atom stereocenters. The number of rotatable bonds is 1. The number of likely N-dealkylation sites (N-methyl/N-ethyl adjacent to an activating group) is 2. The van der Waals surface area contributed by atoms with E-state index in [1.807, 2.05) is 25.1 Å². The van der Waals surface area contributed by atoms with Crippen molar-refractivity contribution < 1.29 is 9.59 Å². The second kappa shape index (κ2) is 3.96. The molecule has 1 aliphatic heterocycles. The second-order valence-corrected chi connectivity index (χ2v) is 3.82. The summed E-state index contributed by atoms with van der Waals surface area (Å²) in [6, 6.07) is 7.23. The summed E-state index contributed by atoms with van der Waals surface area (Å²) in [4.78, 5) is 27.0. The molecule has 0 saturated heterocycles. The summed E-state index contributed by atoms with van der Waals surface area (Å²) in [5.74, 6) is -0.136. The zero-order valence-corrected chi connectivity index (χ0v) is 9.43. The number of carbonyl (C=O) groups is 2. The van der Waals surface area contributed by atoms with E-state index in [1.165, 1.54) is 4.90 Å². The normalized spacial score (nSPS) is 16.1. The Labute approximate surface area is 94.5 Å². The molecule has 1 aromatic rings. The van der Waals surface area contributed by atoms with Crippen molar-refractivity contribution in [2.24, 2.45) is 0 Å². The number of benzene rings is 1. The first-order valence-electron chi connectivity index (χ1n) is 5.30. The van der Waals surface area contributed by atoms with Crippen LogP contribution in [0, 0.1) is 0 Å². The summed E-state index contributed by atoms with van der Waals surface area (Å²) in [7, 11) is 1.65. The standard InChI is InChI=1S/C12H14N2O2/c1-3-14-10-7-5-4-6-9(10)12(16)13(2)8-11(14)15/h4-7H,3,8H2,1-2H3. The van der Waals surface area contributed by atoms with Gasteiger partial charge in [-0.3, -0.25) is 9.59 Å². The molecular weight excluding hydrogens is 204 g/mol. The molecule has 0 bridgehead atoms. The van der Waals surface area contributed by atoms with E-state index < -0.39 is 0 Å². The van der Waals surface area contributed by atoms with Crippen molar-refractivity contribution >= 4 is 17.5 Å². The number of hydrogen-bond donors (Lipinski definition) is 0. The van der Waals surface area contributed by atoms with Crippen molar-refractivity contribution in [3.63, 3.8) is 0 Å². The van der Waals surface area contributed by atoms with Crippen molar-refractivity contribution in [1.29, 1.82) is 0 Å². The highest BCUT2D eigenvalue weighted by molar-refractivity contribution is 6.09. The van der Waals surface area contributed by atoms with Crippen LogP contribution in [-0.2, 0) is 4.79 Å². The third-order valence-electron chi connectivity index (χ3n) is 2.76. The molecule has 0 saturated carbocycles. The van der Waals surface area contributed by atoms with Crippen molar-refractivity contribution in [3.8, 4) is 0 Å². The fourth-order valence-electron chi connectivity index (χ4n) is 1.94. The van der Waals surface area contributed by atoms with E-state index in [-0.39, 0.29) is 18.4 Å². The minimum Gasteiger partial charge on any atom is -0.332 e. The minimum absolute atomic E-state index is 0.0386. The lowest BCUT2D eigenvalue weighted by atomic mass is 10.1. The summed E-state index contributed by atoms with van der Waals surface area (Å²) >= 11 is 0. The van der Waals surface area contributed by atoms with Gasteiger partial charge in [0.25, 0.3) is 5.91 Å². The molecule has 0 N–H and O–H groups in total. The Morgan fingerprint density at radius 1 is 1.25 bits per heavy atom. The van der Waals surface area contributed by atoms with Crippen LogP contribution in [0.1, 0.15) is 17.3 Å². The van der Waals surface area contributed by atoms with Crippen LogP contribution < -0.4 is 4.90 Å². The van der Waals surface area contributed by atoms with Crippen LogP contribution >= 0.6 is 0 Å². The maximum Gasteiger partial charge on any atom is 0.256 e. The Bertz CT molecular complexity index is 442. The van der Waals surface area contributed by atoms with Gasteiger partial charge in [0, 0.05) is 13.6 Å². The Kier molecular flexibility index (Phi) is 2.64. The van der Waals surface area contributed by atoms with E-state index in [9.17, 15) is 9.59 Å². The first kappa shape index (κ1) is 10.7. The molecule has 0 spiro atoms. The molecular formula is C12H14N2O2. The largest absolute Gasteiger partial charge is 0.332 e. The molecule has 1 aromatic carbocycles. The molecule has 0 aromatic heterocycles. The fourth-order valence-corrected chi connectivity index (χ4v) is 1.94. The molecule has 84 valence electrons. The summed E-state index contributed by atoms with van der Waals surface area (Å²) in [5, 5.41) is 0. The molecule has 2 rings (SSSR count). The van der Waals surface area contributed by atoms with Crippen LogP contribution in [0.5, 0.6) is 0 Å². The van der Waals surface area contributed by atoms with E-state index in [2.05, 4.69) is 0 Å². The monoisotopic (exact) mass is 218 g/mol. The molecule has 0 unspecified atom stereocenters. The Hall–Kier alpha value is -1.84. The van der Waals surface area contributed by atoms with Crippen molar-refractivity contribution in [3.05, 3.63) is 29.8 Å². The summed E-state index contributed by atoms with van der Waals surface area (Å²) < 4.78 is 0. The predicted octanol–water partition coefficient (Wildman–Crippen LogP) is 1.13. The zero-order chi connectivity index (χ0) is 11.7. The van der Waals surface area contributed by atoms with Crippen LogP contribution in [0.25, 0.3) is 0 Å². The van der Waals surface area contributed by atoms with E-state index in [1.54, 1.807) is 18.0 Å². The maximum absolute atomic E-state index is 12.0. The quantitative estimate of drug-likeness (QED) is 0.708.